The zero-order chi connectivity index (χ0) is 3.98. The largest absolute Gasteiger partial charge is 0.204 e. The van der Waals surface area contributed by atoms with Crippen LogP contribution in [-0.4, -0.2) is 5.75 Å². The zero-order valence-corrected chi connectivity index (χ0v) is 5.46. The summed E-state index contributed by atoms with van der Waals surface area (Å²) in [6.45, 7) is 0. The Morgan fingerprint density at radius 2 is 2.83 bits per heavy atom. The fraction of sp³-hybridized carbons (Fsp3) is 0.333. The second kappa shape index (κ2) is 1.14. The zero-order valence-electron chi connectivity index (χ0n) is 3.01. The van der Waals surface area contributed by atoms with E-state index < -0.39 is 0 Å². The molecule has 0 spiro atoms. The molecule has 3 heteroatoms. The van der Waals surface area contributed by atoms with Gasteiger partial charge in [0, 0.05) is 5.41 Å². The van der Waals surface area contributed by atoms with Crippen LogP contribution in [0.4, 0.5) is 0 Å². The SMILES string of the molecule is C1=C2C[S+]2SS1. The summed E-state index contributed by atoms with van der Waals surface area (Å²) in [5, 5.41) is 2.29. The molecule has 2 aliphatic heterocycles. The van der Waals surface area contributed by atoms with Gasteiger partial charge >= 0.3 is 0 Å². The third-order valence-electron chi connectivity index (χ3n) is 0.778. The Kier molecular flexibility index (Phi) is 0.713. The van der Waals surface area contributed by atoms with Crippen LogP contribution in [0.5, 0.6) is 0 Å². The van der Waals surface area contributed by atoms with Gasteiger partial charge in [-0.3, -0.25) is 0 Å². The van der Waals surface area contributed by atoms with Gasteiger partial charge in [-0.25, -0.2) is 0 Å². The monoisotopic (exact) mass is 135 g/mol. The highest BCUT2D eigenvalue weighted by Gasteiger charge is 2.50. The predicted molar refractivity (Wildman–Crippen MR) is 35.5 cm³/mol. The summed E-state index contributed by atoms with van der Waals surface area (Å²) < 4.78 is 0. The van der Waals surface area contributed by atoms with Crippen LogP contribution >= 0.6 is 20.6 Å². The highest BCUT2D eigenvalue weighted by atomic mass is 33.5. The molecule has 0 aromatic rings. The Hall–Kier alpha value is 0.790. The van der Waals surface area contributed by atoms with E-state index in [9.17, 15) is 0 Å². The molecule has 0 nitrogen and oxygen atoms in total. The number of hydrogen-bond donors (Lipinski definition) is 0. The van der Waals surface area contributed by atoms with Crippen molar-refractivity contribution in [1.29, 1.82) is 0 Å². The van der Waals surface area contributed by atoms with Gasteiger partial charge < -0.3 is 0 Å². The van der Waals surface area contributed by atoms with E-state index in [-0.39, 0.29) is 0 Å². The lowest BCUT2D eigenvalue weighted by Crippen LogP contribution is -1.47. The van der Waals surface area contributed by atoms with E-state index in [1.54, 1.807) is 4.91 Å². The van der Waals surface area contributed by atoms with Crippen molar-refractivity contribution in [3.8, 4) is 0 Å². The van der Waals surface area contributed by atoms with Crippen molar-refractivity contribution < 1.29 is 0 Å². The average molecular weight is 135 g/mol. The van der Waals surface area contributed by atoms with E-state index in [2.05, 4.69) is 5.41 Å². The first-order valence-corrected chi connectivity index (χ1v) is 5.83. The van der Waals surface area contributed by atoms with Crippen molar-refractivity contribution in [2.75, 3.05) is 5.75 Å². The molecule has 0 amide bonds. The topological polar surface area (TPSA) is 0 Å². The average Bonchev–Trinajstić information content (AvgIpc) is 2.17. The molecule has 1 atom stereocenters. The van der Waals surface area contributed by atoms with Crippen LogP contribution in [0.15, 0.2) is 10.3 Å². The Labute approximate surface area is 46.9 Å². The third-order valence-corrected chi connectivity index (χ3v) is 6.82. The summed E-state index contributed by atoms with van der Waals surface area (Å²) >= 11 is 0. The molecule has 6 heavy (non-hydrogen) atoms. The lowest BCUT2D eigenvalue weighted by molar-refractivity contribution is 1.93. The van der Waals surface area contributed by atoms with E-state index in [1.807, 2.05) is 20.6 Å². The molecule has 0 aromatic heterocycles. The van der Waals surface area contributed by atoms with Crippen LogP contribution < -0.4 is 0 Å². The van der Waals surface area contributed by atoms with E-state index >= 15 is 0 Å². The molecular formula is C3H3S3+. The molecule has 0 bridgehead atoms. The van der Waals surface area contributed by atoms with E-state index in [4.69, 9.17) is 0 Å². The van der Waals surface area contributed by atoms with Crippen LogP contribution in [0.2, 0.25) is 0 Å². The number of hydrogen-bond acceptors (Lipinski definition) is 2. The molecule has 1 unspecified atom stereocenters. The molecule has 0 saturated carbocycles. The Bertz CT molecular complexity index is 107. The molecule has 32 valence electrons. The maximum Gasteiger partial charge on any atom is 0.204 e. The normalized spacial score (nSPS) is 38.7. The molecule has 1 fully saturated rings. The summed E-state index contributed by atoms with van der Waals surface area (Å²) in [7, 11) is 4.66. The van der Waals surface area contributed by atoms with Gasteiger partial charge in [0.15, 0.2) is 15.6 Å². The lowest BCUT2D eigenvalue weighted by Gasteiger charge is -1.63. The molecule has 2 aliphatic rings. The quantitative estimate of drug-likeness (QED) is 0.282. The summed E-state index contributed by atoms with van der Waals surface area (Å²) in [6.07, 6.45) is 0. The van der Waals surface area contributed by atoms with Gasteiger partial charge in [0.05, 0.1) is 0 Å². The minimum absolute atomic E-state index is 0.735. The number of rotatable bonds is 0. The first-order valence-electron chi connectivity index (χ1n) is 1.70. The predicted octanol–water partition coefficient (Wildman–Crippen LogP) is 1.77. The first-order chi connectivity index (χ1) is 2.97. The van der Waals surface area contributed by atoms with Gasteiger partial charge in [-0.05, 0) is 10.8 Å². The minimum Gasteiger partial charge on any atom is -0.00400 e. The van der Waals surface area contributed by atoms with Crippen molar-refractivity contribution in [2.45, 2.75) is 0 Å². The second-order valence-corrected chi connectivity index (χ2v) is 6.72. The molecule has 0 aliphatic carbocycles. The van der Waals surface area contributed by atoms with Gasteiger partial charge in [0.25, 0.3) is 0 Å². The van der Waals surface area contributed by atoms with Crippen LogP contribution in [-0.2, 0) is 9.93 Å². The van der Waals surface area contributed by atoms with E-state index in [0.29, 0.717) is 0 Å². The Morgan fingerprint density at radius 1 is 1.83 bits per heavy atom. The van der Waals surface area contributed by atoms with Gasteiger partial charge in [-0.1, -0.05) is 0 Å². The van der Waals surface area contributed by atoms with E-state index in [1.165, 1.54) is 5.75 Å². The van der Waals surface area contributed by atoms with Gasteiger partial charge in [-0.2, -0.15) is 0 Å². The fourth-order valence-corrected chi connectivity index (χ4v) is 6.70. The smallest absolute Gasteiger partial charge is 0.00400 e. The molecule has 1 saturated heterocycles. The van der Waals surface area contributed by atoms with Gasteiger partial charge in [0.2, 0.25) is 4.91 Å². The van der Waals surface area contributed by atoms with Crippen molar-refractivity contribution in [3.63, 3.8) is 0 Å². The molecule has 0 aromatic carbocycles. The van der Waals surface area contributed by atoms with Crippen molar-refractivity contribution >= 4 is 30.5 Å². The first kappa shape index (κ1) is 3.75. The fourth-order valence-electron chi connectivity index (χ4n) is 0.376. The van der Waals surface area contributed by atoms with Crippen LogP contribution in [0, 0.1) is 0 Å². The molecule has 0 radical (unpaired) electrons. The van der Waals surface area contributed by atoms with E-state index in [0.717, 1.165) is 9.93 Å². The summed E-state index contributed by atoms with van der Waals surface area (Å²) in [5.41, 5.74) is 0. The van der Waals surface area contributed by atoms with Crippen molar-refractivity contribution in [2.24, 2.45) is 0 Å². The Morgan fingerprint density at radius 3 is 3.00 bits per heavy atom. The molecule has 2 heterocycles. The molecule has 2 rings (SSSR count). The van der Waals surface area contributed by atoms with Crippen LogP contribution in [0.1, 0.15) is 0 Å². The molecular weight excluding hydrogens is 132 g/mol. The summed E-state index contributed by atoms with van der Waals surface area (Å²) in [6, 6.07) is 0. The van der Waals surface area contributed by atoms with Gasteiger partial charge in [0.1, 0.15) is 9.93 Å². The highest BCUT2D eigenvalue weighted by molar-refractivity contribution is 9.11. The standard InChI is InChI=1S/C3H3S3/c1-3-2-6(3)5-4-1/h1H,2H2/q+1. The second-order valence-electron chi connectivity index (χ2n) is 1.24. The Balaban J connectivity index is 2.35. The van der Waals surface area contributed by atoms with Crippen molar-refractivity contribution in [3.05, 3.63) is 10.3 Å². The lowest BCUT2D eigenvalue weighted by atomic mass is 10.8. The minimum atomic E-state index is 0.735. The van der Waals surface area contributed by atoms with Crippen LogP contribution in [0.25, 0.3) is 0 Å². The number of fused-ring (bicyclic) bond motifs is 1. The van der Waals surface area contributed by atoms with Gasteiger partial charge in [-0.15, -0.1) is 0 Å². The maximum absolute atomic E-state index is 2.29. The summed E-state index contributed by atoms with van der Waals surface area (Å²) in [4.78, 5) is 1.70. The van der Waals surface area contributed by atoms with Crippen molar-refractivity contribution in [1.82, 2.24) is 0 Å². The third kappa shape index (κ3) is 0.421. The van der Waals surface area contributed by atoms with Crippen LogP contribution in [0.3, 0.4) is 0 Å². The maximum atomic E-state index is 2.29. The highest BCUT2D eigenvalue weighted by Crippen LogP contribution is 2.54. The molecule has 0 N–H and O–H groups in total. The summed E-state index contributed by atoms with van der Waals surface area (Å²) in [5.74, 6) is 1.41.